The molecule has 0 aromatic heterocycles. The summed E-state index contributed by atoms with van der Waals surface area (Å²) >= 11 is 0. The molecule has 0 N–H and O–H groups in total. The lowest BCUT2D eigenvalue weighted by Crippen LogP contribution is -2.18. The van der Waals surface area contributed by atoms with E-state index < -0.39 is 0 Å². The summed E-state index contributed by atoms with van der Waals surface area (Å²) in [6.07, 6.45) is 2.78. The minimum Gasteiger partial charge on any atom is -0.375 e. The number of hydrogen-bond acceptors (Lipinski definition) is 2. The largest absolute Gasteiger partial charge is 0.375 e. The zero-order chi connectivity index (χ0) is 12.0. The molecule has 0 unspecified atom stereocenters. The summed E-state index contributed by atoms with van der Waals surface area (Å²) in [6.45, 7) is 4.76. The number of ketones is 1. The number of hydrogen-bond donors (Lipinski definition) is 0. The molecule has 0 saturated carbocycles. The highest BCUT2D eigenvalue weighted by molar-refractivity contribution is 5.75. The molecule has 0 spiro atoms. The number of carbonyl (C=O) groups is 1. The Morgan fingerprint density at radius 1 is 1.19 bits per heavy atom. The summed E-state index contributed by atoms with van der Waals surface area (Å²) in [6, 6.07) is 8.53. The van der Waals surface area contributed by atoms with Crippen LogP contribution in [-0.4, -0.2) is 19.4 Å². The maximum Gasteiger partial charge on any atom is 0.129 e. The van der Waals surface area contributed by atoms with Crippen LogP contribution in [0.3, 0.4) is 0 Å². The third-order valence-corrected chi connectivity index (χ3v) is 2.75. The van der Waals surface area contributed by atoms with Gasteiger partial charge in [-0.1, -0.05) is 17.7 Å². The van der Waals surface area contributed by atoms with E-state index in [0.717, 1.165) is 19.4 Å². The van der Waals surface area contributed by atoms with E-state index in [4.69, 9.17) is 0 Å². The van der Waals surface area contributed by atoms with Gasteiger partial charge >= 0.3 is 0 Å². The van der Waals surface area contributed by atoms with Crippen molar-refractivity contribution in [2.45, 2.75) is 33.1 Å². The van der Waals surface area contributed by atoms with Crippen molar-refractivity contribution < 1.29 is 4.79 Å². The van der Waals surface area contributed by atoms with Crippen LogP contribution in [0.2, 0.25) is 0 Å². The molecule has 0 amide bonds. The standard InChI is InChI=1S/C14H21NO/c1-12-7-9-14(10-8-12)15(3)11-5-4-6-13(2)16/h7-10H,4-6,11H2,1-3H3. The Morgan fingerprint density at radius 2 is 1.81 bits per heavy atom. The Balaban J connectivity index is 2.32. The molecule has 1 rings (SSSR count). The first kappa shape index (κ1) is 12.8. The summed E-state index contributed by atoms with van der Waals surface area (Å²) in [7, 11) is 2.10. The van der Waals surface area contributed by atoms with Crippen LogP contribution in [0.25, 0.3) is 0 Å². The van der Waals surface area contributed by atoms with Gasteiger partial charge in [0.1, 0.15) is 5.78 Å². The average Bonchev–Trinajstić information content (AvgIpc) is 2.25. The summed E-state index contributed by atoms with van der Waals surface area (Å²) in [4.78, 5) is 13.0. The van der Waals surface area contributed by atoms with Gasteiger partial charge < -0.3 is 9.69 Å². The lowest BCUT2D eigenvalue weighted by atomic mass is 10.1. The van der Waals surface area contributed by atoms with E-state index in [0.29, 0.717) is 6.42 Å². The molecule has 0 saturated heterocycles. The molecule has 1 aromatic carbocycles. The minimum atomic E-state index is 0.290. The fraction of sp³-hybridized carbons (Fsp3) is 0.500. The third-order valence-electron chi connectivity index (χ3n) is 2.75. The Bertz CT molecular complexity index is 329. The van der Waals surface area contributed by atoms with Crippen LogP contribution in [0.5, 0.6) is 0 Å². The summed E-state index contributed by atoms with van der Waals surface area (Å²) in [5.41, 5.74) is 2.53. The van der Waals surface area contributed by atoms with E-state index in [1.165, 1.54) is 11.3 Å². The van der Waals surface area contributed by atoms with Crippen molar-refractivity contribution in [1.82, 2.24) is 0 Å². The van der Waals surface area contributed by atoms with Crippen LogP contribution < -0.4 is 4.90 Å². The Morgan fingerprint density at radius 3 is 2.38 bits per heavy atom. The fourth-order valence-corrected chi connectivity index (χ4v) is 1.65. The quantitative estimate of drug-likeness (QED) is 0.685. The van der Waals surface area contributed by atoms with E-state index in [1.807, 2.05) is 0 Å². The Kier molecular flexibility index (Phi) is 5.03. The van der Waals surface area contributed by atoms with Gasteiger partial charge in [0.15, 0.2) is 0 Å². The molecule has 0 radical (unpaired) electrons. The number of unbranched alkanes of at least 4 members (excludes halogenated alkanes) is 1. The normalized spacial score (nSPS) is 10.2. The summed E-state index contributed by atoms with van der Waals surface area (Å²) in [5.74, 6) is 0.290. The second-order valence-corrected chi connectivity index (χ2v) is 4.42. The zero-order valence-electron chi connectivity index (χ0n) is 10.5. The van der Waals surface area contributed by atoms with Crippen molar-refractivity contribution in [2.75, 3.05) is 18.5 Å². The number of rotatable bonds is 6. The first-order valence-corrected chi connectivity index (χ1v) is 5.87. The molecule has 0 heterocycles. The van der Waals surface area contributed by atoms with Crippen LogP contribution in [0.1, 0.15) is 31.7 Å². The van der Waals surface area contributed by atoms with Crippen LogP contribution >= 0.6 is 0 Å². The number of aryl methyl sites for hydroxylation is 1. The highest BCUT2D eigenvalue weighted by atomic mass is 16.1. The second-order valence-electron chi connectivity index (χ2n) is 4.42. The topological polar surface area (TPSA) is 20.3 Å². The molecule has 1 aromatic rings. The van der Waals surface area contributed by atoms with Gasteiger partial charge in [-0.05, 0) is 38.8 Å². The predicted molar refractivity (Wildman–Crippen MR) is 69.0 cm³/mol. The van der Waals surface area contributed by atoms with Gasteiger partial charge in [-0.25, -0.2) is 0 Å². The van der Waals surface area contributed by atoms with Gasteiger partial charge in [-0.15, -0.1) is 0 Å². The van der Waals surface area contributed by atoms with Crippen molar-refractivity contribution in [3.8, 4) is 0 Å². The van der Waals surface area contributed by atoms with Gasteiger partial charge in [0.05, 0.1) is 0 Å². The van der Waals surface area contributed by atoms with E-state index in [9.17, 15) is 4.79 Å². The van der Waals surface area contributed by atoms with Crippen LogP contribution in [-0.2, 0) is 4.79 Å². The lowest BCUT2D eigenvalue weighted by Gasteiger charge is -2.19. The van der Waals surface area contributed by atoms with Crippen molar-refractivity contribution in [2.24, 2.45) is 0 Å². The molecule has 2 heteroatoms. The molecule has 0 bridgehead atoms. The van der Waals surface area contributed by atoms with Crippen molar-refractivity contribution in [1.29, 1.82) is 0 Å². The molecule has 0 aliphatic rings. The van der Waals surface area contributed by atoms with Crippen LogP contribution in [0.15, 0.2) is 24.3 Å². The molecular weight excluding hydrogens is 198 g/mol. The molecule has 0 atom stereocenters. The lowest BCUT2D eigenvalue weighted by molar-refractivity contribution is -0.117. The van der Waals surface area contributed by atoms with Crippen molar-refractivity contribution in [3.63, 3.8) is 0 Å². The smallest absolute Gasteiger partial charge is 0.129 e. The monoisotopic (exact) mass is 219 g/mol. The number of benzene rings is 1. The number of nitrogens with zero attached hydrogens (tertiary/aromatic N) is 1. The maximum absolute atomic E-state index is 10.8. The Hall–Kier alpha value is -1.31. The molecular formula is C14H21NO. The summed E-state index contributed by atoms with van der Waals surface area (Å²) in [5, 5.41) is 0. The van der Waals surface area contributed by atoms with Crippen molar-refractivity contribution in [3.05, 3.63) is 29.8 Å². The van der Waals surface area contributed by atoms with Gasteiger partial charge in [0, 0.05) is 25.7 Å². The number of anilines is 1. The van der Waals surface area contributed by atoms with Crippen LogP contribution in [0, 0.1) is 6.92 Å². The SMILES string of the molecule is CC(=O)CCCCN(C)c1ccc(C)cc1. The van der Waals surface area contributed by atoms with Crippen molar-refractivity contribution >= 4 is 11.5 Å². The van der Waals surface area contributed by atoms with E-state index in [-0.39, 0.29) is 5.78 Å². The van der Waals surface area contributed by atoms with Gasteiger partial charge in [0.25, 0.3) is 0 Å². The summed E-state index contributed by atoms with van der Waals surface area (Å²) < 4.78 is 0. The van der Waals surface area contributed by atoms with Crippen LogP contribution in [0.4, 0.5) is 5.69 Å². The maximum atomic E-state index is 10.8. The van der Waals surface area contributed by atoms with Gasteiger partial charge in [0.2, 0.25) is 0 Å². The molecule has 0 fully saturated rings. The first-order chi connectivity index (χ1) is 7.59. The molecule has 16 heavy (non-hydrogen) atoms. The third kappa shape index (κ3) is 4.47. The first-order valence-electron chi connectivity index (χ1n) is 5.87. The highest BCUT2D eigenvalue weighted by Gasteiger charge is 2.00. The highest BCUT2D eigenvalue weighted by Crippen LogP contribution is 2.14. The predicted octanol–water partition coefficient (Wildman–Crippen LogP) is 3.19. The fourth-order valence-electron chi connectivity index (χ4n) is 1.65. The van der Waals surface area contributed by atoms with E-state index in [2.05, 4.69) is 43.1 Å². The molecule has 0 aliphatic heterocycles. The van der Waals surface area contributed by atoms with E-state index in [1.54, 1.807) is 6.92 Å². The molecule has 88 valence electrons. The number of carbonyl (C=O) groups excluding carboxylic acids is 1. The molecule has 2 nitrogen and oxygen atoms in total. The minimum absolute atomic E-state index is 0.290. The van der Waals surface area contributed by atoms with Gasteiger partial charge in [-0.3, -0.25) is 0 Å². The molecule has 0 aliphatic carbocycles. The van der Waals surface area contributed by atoms with Gasteiger partial charge in [-0.2, -0.15) is 0 Å². The zero-order valence-corrected chi connectivity index (χ0v) is 10.5. The van der Waals surface area contributed by atoms with E-state index >= 15 is 0 Å². The Labute approximate surface area is 98.3 Å². The average molecular weight is 219 g/mol. The second kappa shape index (κ2) is 6.31. The number of Topliss-reactive ketones (excluding diaryl/α,β-unsaturated/α-hetero) is 1.